The molecule has 0 aliphatic heterocycles. The minimum Gasteiger partial charge on any atom is -0.481 e. The zero-order valence-corrected chi connectivity index (χ0v) is 11.1. The van der Waals surface area contributed by atoms with E-state index < -0.39 is 5.97 Å². The van der Waals surface area contributed by atoms with Gasteiger partial charge in [0.15, 0.2) is 0 Å². The molecule has 2 nitrogen and oxygen atoms in total. The molecule has 0 radical (unpaired) electrons. The molecule has 0 bridgehead atoms. The van der Waals surface area contributed by atoms with Crippen molar-refractivity contribution in [1.29, 1.82) is 0 Å². The smallest absolute Gasteiger partial charge is 0.306 e. The van der Waals surface area contributed by atoms with E-state index >= 15 is 0 Å². The molecule has 0 spiro atoms. The van der Waals surface area contributed by atoms with Crippen molar-refractivity contribution in [1.82, 2.24) is 0 Å². The van der Waals surface area contributed by atoms with Crippen molar-refractivity contribution in [2.75, 3.05) is 0 Å². The maximum atomic E-state index is 11.3. The summed E-state index contributed by atoms with van der Waals surface area (Å²) in [5.74, 6) is 1.60. The van der Waals surface area contributed by atoms with Gasteiger partial charge in [0.2, 0.25) is 0 Å². The van der Waals surface area contributed by atoms with Crippen molar-refractivity contribution in [3.8, 4) is 0 Å². The van der Waals surface area contributed by atoms with Gasteiger partial charge in [-0.15, -0.1) is 0 Å². The van der Waals surface area contributed by atoms with E-state index in [1.54, 1.807) is 0 Å². The SMILES string of the molecule is CCC(C(=O)O)[C@H]1C[C@@H](C)CC[C@@H]1C(C)C. The van der Waals surface area contributed by atoms with Crippen LogP contribution in [0.15, 0.2) is 0 Å². The van der Waals surface area contributed by atoms with Gasteiger partial charge in [-0.3, -0.25) is 4.79 Å². The first-order valence-electron chi connectivity index (χ1n) is 6.70. The Morgan fingerprint density at radius 2 is 1.94 bits per heavy atom. The third kappa shape index (κ3) is 2.99. The van der Waals surface area contributed by atoms with Crippen LogP contribution in [0, 0.1) is 29.6 Å². The van der Waals surface area contributed by atoms with Gasteiger partial charge in [-0.05, 0) is 42.9 Å². The fraction of sp³-hybridized carbons (Fsp3) is 0.929. The highest BCUT2D eigenvalue weighted by Crippen LogP contribution is 2.42. The lowest BCUT2D eigenvalue weighted by atomic mass is 9.65. The maximum Gasteiger partial charge on any atom is 0.306 e. The molecule has 1 N–H and O–H groups in total. The number of hydrogen-bond acceptors (Lipinski definition) is 1. The summed E-state index contributed by atoms with van der Waals surface area (Å²) in [4.78, 5) is 11.3. The predicted octanol–water partition coefficient (Wildman–Crippen LogP) is 3.81. The highest BCUT2D eigenvalue weighted by molar-refractivity contribution is 5.70. The predicted molar refractivity (Wildman–Crippen MR) is 66.2 cm³/mol. The van der Waals surface area contributed by atoms with Gasteiger partial charge >= 0.3 is 5.97 Å². The molecule has 16 heavy (non-hydrogen) atoms. The summed E-state index contributed by atoms with van der Waals surface area (Å²) >= 11 is 0. The molecule has 2 heteroatoms. The highest BCUT2D eigenvalue weighted by Gasteiger charge is 2.37. The van der Waals surface area contributed by atoms with Gasteiger partial charge in [-0.25, -0.2) is 0 Å². The lowest BCUT2D eigenvalue weighted by Crippen LogP contribution is -2.36. The molecule has 1 fully saturated rings. The molecule has 1 saturated carbocycles. The average Bonchev–Trinajstić information content (AvgIpc) is 2.17. The van der Waals surface area contributed by atoms with Crippen molar-refractivity contribution < 1.29 is 9.90 Å². The number of hydrogen-bond donors (Lipinski definition) is 1. The Morgan fingerprint density at radius 1 is 1.31 bits per heavy atom. The topological polar surface area (TPSA) is 37.3 Å². The van der Waals surface area contributed by atoms with Crippen LogP contribution in [0.25, 0.3) is 0 Å². The van der Waals surface area contributed by atoms with Gasteiger partial charge < -0.3 is 5.11 Å². The van der Waals surface area contributed by atoms with E-state index in [0.717, 1.165) is 12.8 Å². The van der Waals surface area contributed by atoms with Crippen LogP contribution in [0.4, 0.5) is 0 Å². The third-order valence-electron chi connectivity index (χ3n) is 4.35. The van der Waals surface area contributed by atoms with E-state index in [-0.39, 0.29) is 5.92 Å². The maximum absolute atomic E-state index is 11.3. The van der Waals surface area contributed by atoms with E-state index in [9.17, 15) is 9.90 Å². The summed E-state index contributed by atoms with van der Waals surface area (Å²) in [5, 5.41) is 9.31. The van der Waals surface area contributed by atoms with E-state index in [1.807, 2.05) is 6.92 Å². The zero-order valence-electron chi connectivity index (χ0n) is 11.1. The molecule has 0 heterocycles. The molecular formula is C14H26O2. The molecule has 0 saturated heterocycles. The molecule has 1 rings (SSSR count). The molecule has 94 valence electrons. The van der Waals surface area contributed by atoms with Crippen molar-refractivity contribution in [3.05, 3.63) is 0 Å². The van der Waals surface area contributed by atoms with Crippen molar-refractivity contribution in [2.45, 2.75) is 53.4 Å². The van der Waals surface area contributed by atoms with Crippen LogP contribution >= 0.6 is 0 Å². The summed E-state index contributed by atoms with van der Waals surface area (Å²) < 4.78 is 0. The van der Waals surface area contributed by atoms with Gasteiger partial charge in [0, 0.05) is 0 Å². The van der Waals surface area contributed by atoms with Crippen LogP contribution in [0.3, 0.4) is 0 Å². The van der Waals surface area contributed by atoms with Gasteiger partial charge in [0.25, 0.3) is 0 Å². The first kappa shape index (κ1) is 13.5. The Morgan fingerprint density at radius 3 is 2.38 bits per heavy atom. The Kier molecular flexibility index (Phi) is 4.82. The second-order valence-corrected chi connectivity index (χ2v) is 5.84. The summed E-state index contributed by atoms with van der Waals surface area (Å²) in [6, 6.07) is 0. The standard InChI is InChI=1S/C14H26O2/c1-5-11(14(15)16)13-8-10(4)6-7-12(13)9(2)3/h9-13H,5-8H2,1-4H3,(H,15,16)/t10-,11?,12+,13+/m0/s1. The van der Waals surface area contributed by atoms with Crippen LogP contribution in [0.1, 0.15) is 53.4 Å². The van der Waals surface area contributed by atoms with Crippen LogP contribution < -0.4 is 0 Å². The Bertz CT molecular complexity index is 235. The molecule has 1 aliphatic carbocycles. The lowest BCUT2D eigenvalue weighted by Gasteiger charge is -2.40. The lowest BCUT2D eigenvalue weighted by molar-refractivity contribution is -0.146. The monoisotopic (exact) mass is 226 g/mol. The number of carboxylic acid groups (broad SMARTS) is 1. The Labute approximate surface area is 99.4 Å². The van der Waals surface area contributed by atoms with Crippen molar-refractivity contribution in [3.63, 3.8) is 0 Å². The molecule has 0 amide bonds. The molecule has 0 aromatic carbocycles. The number of carboxylic acids is 1. The van der Waals surface area contributed by atoms with Gasteiger partial charge in [0.1, 0.15) is 0 Å². The van der Waals surface area contributed by atoms with Gasteiger partial charge in [-0.1, -0.05) is 34.1 Å². The van der Waals surface area contributed by atoms with Crippen LogP contribution in [-0.2, 0) is 4.79 Å². The quantitative estimate of drug-likeness (QED) is 0.791. The zero-order chi connectivity index (χ0) is 12.3. The summed E-state index contributed by atoms with van der Waals surface area (Å²) in [7, 11) is 0. The normalized spacial score (nSPS) is 32.7. The molecular weight excluding hydrogens is 200 g/mol. The van der Waals surface area contributed by atoms with Gasteiger partial charge in [0.05, 0.1) is 5.92 Å². The van der Waals surface area contributed by atoms with Crippen LogP contribution in [-0.4, -0.2) is 11.1 Å². The second-order valence-electron chi connectivity index (χ2n) is 5.84. The highest BCUT2D eigenvalue weighted by atomic mass is 16.4. The van der Waals surface area contributed by atoms with Crippen molar-refractivity contribution in [2.24, 2.45) is 29.6 Å². The number of rotatable bonds is 4. The van der Waals surface area contributed by atoms with E-state index in [0.29, 0.717) is 23.7 Å². The Balaban J connectivity index is 2.81. The van der Waals surface area contributed by atoms with Crippen molar-refractivity contribution >= 4 is 5.97 Å². The van der Waals surface area contributed by atoms with Crippen LogP contribution in [0.2, 0.25) is 0 Å². The number of aliphatic carboxylic acids is 1. The molecule has 0 aromatic rings. The molecule has 4 atom stereocenters. The average molecular weight is 226 g/mol. The summed E-state index contributed by atoms with van der Waals surface area (Å²) in [6.45, 7) is 8.75. The molecule has 0 aromatic heterocycles. The molecule has 1 aliphatic rings. The summed E-state index contributed by atoms with van der Waals surface area (Å²) in [6.07, 6.45) is 4.37. The molecule has 1 unspecified atom stereocenters. The minimum atomic E-state index is -0.591. The largest absolute Gasteiger partial charge is 0.481 e. The fourth-order valence-corrected chi connectivity index (χ4v) is 3.40. The van der Waals surface area contributed by atoms with E-state index in [1.165, 1.54) is 12.8 Å². The fourth-order valence-electron chi connectivity index (χ4n) is 3.40. The third-order valence-corrected chi connectivity index (χ3v) is 4.35. The summed E-state index contributed by atoms with van der Waals surface area (Å²) in [5.41, 5.74) is 0. The van der Waals surface area contributed by atoms with Gasteiger partial charge in [-0.2, -0.15) is 0 Å². The second kappa shape index (κ2) is 5.70. The van der Waals surface area contributed by atoms with Crippen LogP contribution in [0.5, 0.6) is 0 Å². The minimum absolute atomic E-state index is 0.129. The first-order chi connectivity index (χ1) is 7.47. The Hall–Kier alpha value is -0.530. The van der Waals surface area contributed by atoms with E-state index in [2.05, 4.69) is 20.8 Å². The van der Waals surface area contributed by atoms with E-state index in [4.69, 9.17) is 0 Å². The first-order valence-corrected chi connectivity index (χ1v) is 6.70. The number of carbonyl (C=O) groups is 1.